The Morgan fingerprint density at radius 3 is 2.12 bits per heavy atom. The molecular formula is C9H6BF3KNOS. The Kier molecular flexibility index (Phi) is 5.23. The van der Waals surface area contributed by atoms with E-state index in [1.165, 1.54) is 18.3 Å². The number of thiazole rings is 1. The molecule has 0 fully saturated rings. The van der Waals surface area contributed by atoms with E-state index in [0.29, 0.717) is 10.4 Å². The van der Waals surface area contributed by atoms with Crippen LogP contribution in [0.4, 0.5) is 12.9 Å². The van der Waals surface area contributed by atoms with Crippen molar-refractivity contribution in [1.29, 1.82) is 0 Å². The standard InChI is InChI=1S/C9H6BF3NOS.K/c11-10(12,13)7-3-1-6(2-4-7)8-5-14-9(15)16-8;/h1-5H,(H,14,15);/q-1;+1. The van der Waals surface area contributed by atoms with Gasteiger partial charge in [0.05, 0.1) is 4.88 Å². The fraction of sp³-hybridized carbons (Fsp3) is 0. The van der Waals surface area contributed by atoms with E-state index in [1.54, 1.807) is 0 Å². The van der Waals surface area contributed by atoms with E-state index in [2.05, 4.69) is 4.98 Å². The van der Waals surface area contributed by atoms with E-state index in [4.69, 9.17) is 0 Å². The maximum atomic E-state index is 12.3. The molecule has 0 spiro atoms. The fourth-order valence-corrected chi connectivity index (χ4v) is 1.98. The van der Waals surface area contributed by atoms with Crippen molar-refractivity contribution in [2.45, 2.75) is 0 Å². The first-order chi connectivity index (χ1) is 7.47. The summed E-state index contributed by atoms with van der Waals surface area (Å²) in [4.78, 5) is 13.7. The smallest absolute Gasteiger partial charge is 0.445 e. The summed E-state index contributed by atoms with van der Waals surface area (Å²) in [5.41, 5.74) is -0.0289. The van der Waals surface area contributed by atoms with Gasteiger partial charge in [-0.05, 0) is 5.56 Å². The Labute approximate surface area is 142 Å². The minimum absolute atomic E-state index is 0. The molecule has 0 unspecified atom stereocenters. The third kappa shape index (κ3) is 3.80. The summed E-state index contributed by atoms with van der Waals surface area (Å²) in [6, 6.07) is 4.78. The monoisotopic (exact) mass is 283 g/mol. The molecule has 8 heteroatoms. The molecule has 0 atom stereocenters. The van der Waals surface area contributed by atoms with Crippen molar-refractivity contribution in [1.82, 2.24) is 4.98 Å². The van der Waals surface area contributed by atoms with Crippen LogP contribution < -0.4 is 61.7 Å². The Balaban J connectivity index is 0.00000144. The molecule has 0 radical (unpaired) electrons. The molecule has 2 rings (SSSR count). The molecule has 1 aromatic heterocycles. The summed E-state index contributed by atoms with van der Waals surface area (Å²) in [5.74, 6) is 0. The number of hydrogen-bond acceptors (Lipinski definition) is 2. The molecule has 0 aliphatic heterocycles. The Bertz CT molecular complexity index is 548. The second-order valence-electron chi connectivity index (χ2n) is 3.24. The normalized spacial score (nSPS) is 11.0. The molecule has 2 nitrogen and oxygen atoms in total. The van der Waals surface area contributed by atoms with Gasteiger partial charge < -0.3 is 17.9 Å². The van der Waals surface area contributed by atoms with Gasteiger partial charge in [0.2, 0.25) is 0 Å². The van der Waals surface area contributed by atoms with Crippen LogP contribution in [0.25, 0.3) is 10.4 Å². The molecule has 84 valence electrons. The van der Waals surface area contributed by atoms with Gasteiger partial charge in [0.25, 0.3) is 0 Å². The van der Waals surface area contributed by atoms with Crippen molar-refractivity contribution in [3.63, 3.8) is 0 Å². The van der Waals surface area contributed by atoms with E-state index in [0.717, 1.165) is 23.5 Å². The van der Waals surface area contributed by atoms with Crippen LogP contribution in [0.5, 0.6) is 0 Å². The second-order valence-corrected chi connectivity index (χ2v) is 4.25. The van der Waals surface area contributed by atoms with Gasteiger partial charge in [-0.25, -0.2) is 0 Å². The van der Waals surface area contributed by atoms with Crippen LogP contribution in [0.15, 0.2) is 35.3 Å². The number of aromatic amines is 1. The summed E-state index contributed by atoms with van der Waals surface area (Å²) < 4.78 is 37.0. The van der Waals surface area contributed by atoms with E-state index < -0.39 is 12.4 Å². The van der Waals surface area contributed by atoms with Crippen molar-refractivity contribution in [3.05, 3.63) is 40.1 Å². The molecular weight excluding hydrogens is 277 g/mol. The largest absolute Gasteiger partial charge is 1.00 e. The molecule has 0 amide bonds. The van der Waals surface area contributed by atoms with Gasteiger partial charge in [0, 0.05) is 6.20 Å². The first-order valence-corrected chi connectivity index (χ1v) is 5.27. The van der Waals surface area contributed by atoms with Crippen LogP contribution in [0.1, 0.15) is 0 Å². The molecule has 1 aromatic carbocycles. The van der Waals surface area contributed by atoms with Crippen molar-refractivity contribution in [3.8, 4) is 10.4 Å². The van der Waals surface area contributed by atoms with Crippen LogP contribution in [-0.4, -0.2) is 12.0 Å². The SMILES string of the molecule is O=c1[nH]cc(-c2ccc([B-](F)(F)F)cc2)s1.[K+]. The van der Waals surface area contributed by atoms with Crippen molar-refractivity contribution < 1.29 is 64.3 Å². The van der Waals surface area contributed by atoms with Gasteiger partial charge in [-0.3, -0.25) is 4.79 Å². The average molecular weight is 283 g/mol. The number of hydrogen-bond donors (Lipinski definition) is 1. The third-order valence-corrected chi connectivity index (χ3v) is 2.97. The van der Waals surface area contributed by atoms with Crippen LogP contribution in [0, 0.1) is 0 Å². The zero-order valence-corrected chi connectivity index (χ0v) is 12.9. The summed E-state index contributed by atoms with van der Waals surface area (Å²) in [5, 5.41) is 0. The van der Waals surface area contributed by atoms with Crippen molar-refractivity contribution in [2.24, 2.45) is 0 Å². The van der Waals surface area contributed by atoms with Gasteiger partial charge in [-0.1, -0.05) is 35.6 Å². The quantitative estimate of drug-likeness (QED) is 0.716. The number of aromatic nitrogens is 1. The fourth-order valence-electron chi connectivity index (χ4n) is 1.29. The Morgan fingerprint density at radius 1 is 1.12 bits per heavy atom. The zero-order valence-electron chi connectivity index (χ0n) is 8.91. The van der Waals surface area contributed by atoms with Crippen molar-refractivity contribution in [2.75, 3.05) is 0 Å². The van der Waals surface area contributed by atoms with E-state index in [9.17, 15) is 17.7 Å². The molecule has 2 aromatic rings. The number of benzene rings is 1. The maximum absolute atomic E-state index is 12.3. The number of nitrogens with one attached hydrogen (secondary N) is 1. The van der Waals surface area contributed by atoms with E-state index in [1.807, 2.05) is 0 Å². The van der Waals surface area contributed by atoms with Crippen molar-refractivity contribution >= 4 is 23.8 Å². The van der Waals surface area contributed by atoms with Gasteiger partial charge in [-0.2, -0.15) is 0 Å². The van der Waals surface area contributed by atoms with E-state index in [-0.39, 0.29) is 56.3 Å². The molecule has 17 heavy (non-hydrogen) atoms. The van der Waals surface area contributed by atoms with Crippen LogP contribution in [0.2, 0.25) is 0 Å². The zero-order chi connectivity index (χ0) is 11.8. The Morgan fingerprint density at radius 2 is 1.71 bits per heavy atom. The molecule has 0 aliphatic rings. The van der Waals surface area contributed by atoms with Crippen LogP contribution in [-0.2, 0) is 0 Å². The predicted molar refractivity (Wildman–Crippen MR) is 59.1 cm³/mol. The van der Waals surface area contributed by atoms with Gasteiger partial charge in [0.15, 0.2) is 0 Å². The van der Waals surface area contributed by atoms with Gasteiger partial charge in [-0.15, -0.1) is 5.46 Å². The minimum Gasteiger partial charge on any atom is -0.445 e. The molecule has 0 saturated heterocycles. The average Bonchev–Trinajstić information content (AvgIpc) is 2.64. The van der Waals surface area contributed by atoms with E-state index >= 15 is 0 Å². The summed E-state index contributed by atoms with van der Waals surface area (Å²) in [6.45, 7) is -4.95. The minimum atomic E-state index is -4.95. The number of halogens is 3. The topological polar surface area (TPSA) is 32.9 Å². The molecule has 0 bridgehead atoms. The number of H-pyrrole nitrogens is 1. The molecule has 0 aliphatic carbocycles. The third-order valence-electron chi connectivity index (χ3n) is 2.10. The molecule has 1 N–H and O–H groups in total. The van der Waals surface area contributed by atoms with Crippen LogP contribution in [0.3, 0.4) is 0 Å². The number of rotatable bonds is 2. The summed E-state index contributed by atoms with van der Waals surface area (Å²) in [7, 11) is 0. The first-order valence-electron chi connectivity index (χ1n) is 4.45. The maximum Gasteiger partial charge on any atom is 1.00 e. The summed E-state index contributed by atoms with van der Waals surface area (Å²) in [6.07, 6.45) is 1.49. The predicted octanol–water partition coefficient (Wildman–Crippen LogP) is -0.838. The molecule has 1 heterocycles. The van der Waals surface area contributed by atoms with Gasteiger partial charge >= 0.3 is 63.2 Å². The van der Waals surface area contributed by atoms with Gasteiger partial charge in [0.1, 0.15) is 0 Å². The second kappa shape index (κ2) is 5.85. The first kappa shape index (κ1) is 15.2. The molecule has 0 saturated carbocycles. The Hall–Kier alpha value is 0.141. The summed E-state index contributed by atoms with van der Waals surface area (Å²) >= 11 is 0.967. The van der Waals surface area contributed by atoms with Crippen LogP contribution >= 0.6 is 11.3 Å².